The van der Waals surface area contributed by atoms with Gasteiger partial charge in [0, 0.05) is 11.6 Å². The normalized spacial score (nSPS) is 21.3. The number of esters is 1. The number of ether oxygens (including phenoxy) is 1. The zero-order chi connectivity index (χ0) is 13.3. The maximum Gasteiger partial charge on any atom is 0.337 e. The Balaban J connectivity index is 2.10. The Kier molecular flexibility index (Phi) is 3.36. The number of hydrogen-bond donors (Lipinski definition) is 1. The second-order valence-corrected chi connectivity index (χ2v) is 4.83. The molecule has 0 unspecified atom stereocenters. The van der Waals surface area contributed by atoms with Crippen LogP contribution in [0.3, 0.4) is 0 Å². The molecule has 1 aliphatic carbocycles. The molecule has 4 heteroatoms. The predicted molar refractivity (Wildman–Crippen MR) is 68.4 cm³/mol. The molecule has 0 radical (unpaired) electrons. The second-order valence-electron chi connectivity index (χ2n) is 4.83. The van der Waals surface area contributed by atoms with E-state index in [1.54, 1.807) is 18.2 Å². The first-order valence-electron chi connectivity index (χ1n) is 6.02. The average Bonchev–Trinajstić information content (AvgIpc) is 3.08. The van der Waals surface area contributed by atoms with Crippen LogP contribution in [0.2, 0.25) is 0 Å². The van der Waals surface area contributed by atoms with Crippen molar-refractivity contribution >= 4 is 17.6 Å². The number of amides is 1. The van der Waals surface area contributed by atoms with Gasteiger partial charge in [0.1, 0.15) is 0 Å². The lowest BCUT2D eigenvalue weighted by atomic mass is 10.1. The van der Waals surface area contributed by atoms with Crippen LogP contribution in [0.4, 0.5) is 5.69 Å². The summed E-state index contributed by atoms with van der Waals surface area (Å²) in [5.74, 6) is 0.326. The summed E-state index contributed by atoms with van der Waals surface area (Å²) in [6, 6.07) is 5.12. The highest BCUT2D eigenvalue weighted by molar-refractivity contribution is 5.96. The Hall–Kier alpha value is -1.84. The van der Waals surface area contributed by atoms with Crippen molar-refractivity contribution in [2.45, 2.75) is 20.3 Å². The summed E-state index contributed by atoms with van der Waals surface area (Å²) < 4.78 is 4.65. The molecule has 2 atom stereocenters. The van der Waals surface area contributed by atoms with Gasteiger partial charge in [0.05, 0.1) is 12.7 Å². The third kappa shape index (κ3) is 2.53. The van der Waals surface area contributed by atoms with Crippen molar-refractivity contribution in [3.63, 3.8) is 0 Å². The minimum Gasteiger partial charge on any atom is -0.465 e. The largest absolute Gasteiger partial charge is 0.465 e. The number of anilines is 1. The van der Waals surface area contributed by atoms with E-state index in [0.29, 0.717) is 11.5 Å². The third-order valence-electron chi connectivity index (χ3n) is 3.35. The van der Waals surface area contributed by atoms with Crippen LogP contribution >= 0.6 is 0 Å². The number of carbonyl (C=O) groups is 2. The molecule has 96 valence electrons. The van der Waals surface area contributed by atoms with E-state index < -0.39 is 0 Å². The zero-order valence-corrected chi connectivity index (χ0v) is 10.8. The van der Waals surface area contributed by atoms with E-state index in [-0.39, 0.29) is 17.8 Å². The molecule has 0 aliphatic heterocycles. The van der Waals surface area contributed by atoms with Gasteiger partial charge in [-0.3, -0.25) is 4.79 Å². The number of nitrogens with one attached hydrogen (secondary N) is 1. The molecule has 18 heavy (non-hydrogen) atoms. The Morgan fingerprint density at radius 3 is 2.56 bits per heavy atom. The van der Waals surface area contributed by atoms with Gasteiger partial charge in [0.2, 0.25) is 5.91 Å². The van der Waals surface area contributed by atoms with Crippen molar-refractivity contribution in [3.8, 4) is 0 Å². The van der Waals surface area contributed by atoms with Crippen LogP contribution in [0.25, 0.3) is 0 Å². The zero-order valence-electron chi connectivity index (χ0n) is 10.8. The summed E-state index contributed by atoms with van der Waals surface area (Å²) in [6.45, 7) is 3.93. The lowest BCUT2D eigenvalue weighted by molar-refractivity contribution is -0.117. The topological polar surface area (TPSA) is 55.4 Å². The van der Waals surface area contributed by atoms with Gasteiger partial charge in [-0.1, -0.05) is 6.92 Å². The summed E-state index contributed by atoms with van der Waals surface area (Å²) >= 11 is 0. The fourth-order valence-electron chi connectivity index (χ4n) is 1.96. The average molecular weight is 247 g/mol. The van der Waals surface area contributed by atoms with E-state index in [9.17, 15) is 9.59 Å². The molecule has 0 spiro atoms. The van der Waals surface area contributed by atoms with Crippen LogP contribution in [-0.2, 0) is 9.53 Å². The Morgan fingerprint density at radius 1 is 1.39 bits per heavy atom. The number of aryl methyl sites for hydroxylation is 1. The summed E-state index contributed by atoms with van der Waals surface area (Å²) in [6.07, 6.45) is 0.963. The van der Waals surface area contributed by atoms with Gasteiger partial charge in [-0.25, -0.2) is 4.79 Å². The molecule has 1 aromatic carbocycles. The van der Waals surface area contributed by atoms with Gasteiger partial charge < -0.3 is 10.1 Å². The summed E-state index contributed by atoms with van der Waals surface area (Å²) in [4.78, 5) is 23.2. The molecule has 1 saturated carbocycles. The Morgan fingerprint density at radius 2 is 2.06 bits per heavy atom. The SMILES string of the molecule is COC(=O)c1ccc(NC(=O)[C@H]2C[C@@H]2C)c(C)c1. The summed E-state index contributed by atoms with van der Waals surface area (Å²) in [5.41, 5.74) is 2.11. The number of carbonyl (C=O) groups excluding carboxylic acids is 2. The molecule has 0 bridgehead atoms. The highest BCUT2D eigenvalue weighted by Crippen LogP contribution is 2.38. The minimum absolute atomic E-state index is 0.0661. The van der Waals surface area contributed by atoms with Gasteiger partial charge in [0.25, 0.3) is 0 Å². The number of rotatable bonds is 3. The molecule has 1 aliphatic rings. The van der Waals surface area contributed by atoms with Crippen molar-refractivity contribution in [1.29, 1.82) is 0 Å². The van der Waals surface area contributed by atoms with E-state index in [4.69, 9.17) is 0 Å². The molecular formula is C14H17NO3. The quantitative estimate of drug-likeness (QED) is 0.834. The van der Waals surface area contributed by atoms with Crippen LogP contribution in [0, 0.1) is 18.8 Å². The third-order valence-corrected chi connectivity index (χ3v) is 3.35. The highest BCUT2D eigenvalue weighted by Gasteiger charge is 2.39. The fraction of sp³-hybridized carbons (Fsp3) is 0.429. The number of benzene rings is 1. The molecule has 1 aromatic rings. The molecular weight excluding hydrogens is 230 g/mol. The molecule has 1 fully saturated rings. The predicted octanol–water partition coefficient (Wildman–Crippen LogP) is 2.38. The molecule has 2 rings (SSSR count). The van der Waals surface area contributed by atoms with Crippen molar-refractivity contribution in [1.82, 2.24) is 0 Å². The van der Waals surface area contributed by atoms with Crippen molar-refractivity contribution in [3.05, 3.63) is 29.3 Å². The molecule has 0 saturated heterocycles. The van der Waals surface area contributed by atoms with Crippen LogP contribution in [0.5, 0.6) is 0 Å². The first-order chi connectivity index (χ1) is 8.52. The van der Waals surface area contributed by atoms with Crippen LogP contribution < -0.4 is 5.32 Å². The standard InChI is InChI=1S/C14H17NO3/c1-8-7-11(8)13(16)15-12-5-4-10(6-9(12)2)14(17)18-3/h4-6,8,11H,7H2,1-3H3,(H,15,16)/t8-,11-/m0/s1. The number of hydrogen-bond acceptors (Lipinski definition) is 3. The van der Waals surface area contributed by atoms with Gasteiger partial charge in [-0.2, -0.15) is 0 Å². The van der Waals surface area contributed by atoms with E-state index in [1.165, 1.54) is 7.11 Å². The van der Waals surface area contributed by atoms with Crippen LogP contribution in [-0.4, -0.2) is 19.0 Å². The Bertz CT molecular complexity index is 496. The maximum absolute atomic E-state index is 11.8. The van der Waals surface area contributed by atoms with Crippen molar-refractivity contribution < 1.29 is 14.3 Å². The molecule has 4 nitrogen and oxygen atoms in total. The van der Waals surface area contributed by atoms with Gasteiger partial charge in [-0.05, 0) is 43.0 Å². The van der Waals surface area contributed by atoms with Gasteiger partial charge in [0.15, 0.2) is 0 Å². The maximum atomic E-state index is 11.8. The Labute approximate surface area is 106 Å². The molecule has 0 heterocycles. The lowest BCUT2D eigenvalue weighted by Gasteiger charge is -2.09. The summed E-state index contributed by atoms with van der Waals surface area (Å²) in [5, 5.41) is 2.90. The monoisotopic (exact) mass is 247 g/mol. The van der Waals surface area contributed by atoms with E-state index >= 15 is 0 Å². The number of methoxy groups -OCH3 is 1. The second kappa shape index (κ2) is 4.80. The van der Waals surface area contributed by atoms with Crippen molar-refractivity contribution in [2.24, 2.45) is 11.8 Å². The van der Waals surface area contributed by atoms with Gasteiger partial charge >= 0.3 is 5.97 Å². The molecule has 1 N–H and O–H groups in total. The molecule has 1 amide bonds. The van der Waals surface area contributed by atoms with E-state index in [2.05, 4.69) is 17.0 Å². The smallest absolute Gasteiger partial charge is 0.337 e. The van der Waals surface area contributed by atoms with Crippen molar-refractivity contribution in [2.75, 3.05) is 12.4 Å². The highest BCUT2D eigenvalue weighted by atomic mass is 16.5. The summed E-state index contributed by atoms with van der Waals surface area (Å²) in [7, 11) is 1.35. The van der Waals surface area contributed by atoms with Crippen LogP contribution in [0.1, 0.15) is 29.3 Å². The first kappa shape index (κ1) is 12.6. The van der Waals surface area contributed by atoms with E-state index in [1.807, 2.05) is 6.92 Å². The lowest BCUT2D eigenvalue weighted by Crippen LogP contribution is -2.15. The fourth-order valence-corrected chi connectivity index (χ4v) is 1.96. The minimum atomic E-state index is -0.369. The van der Waals surface area contributed by atoms with Gasteiger partial charge in [-0.15, -0.1) is 0 Å². The van der Waals surface area contributed by atoms with E-state index in [0.717, 1.165) is 17.7 Å². The first-order valence-corrected chi connectivity index (χ1v) is 6.02. The van der Waals surface area contributed by atoms with Crippen LogP contribution in [0.15, 0.2) is 18.2 Å². The molecule has 0 aromatic heterocycles.